The molecule has 0 radical (unpaired) electrons. The molecule has 1 saturated heterocycles. The topological polar surface area (TPSA) is 35.5 Å². The van der Waals surface area contributed by atoms with Gasteiger partial charge in [0.2, 0.25) is 0 Å². The van der Waals surface area contributed by atoms with Gasteiger partial charge in [0.25, 0.3) is 0 Å². The summed E-state index contributed by atoms with van der Waals surface area (Å²) in [6.07, 6.45) is 3.57. The van der Waals surface area contributed by atoms with Crippen molar-refractivity contribution in [3.63, 3.8) is 0 Å². The van der Waals surface area contributed by atoms with E-state index in [1.165, 1.54) is 0 Å². The van der Waals surface area contributed by atoms with Crippen LogP contribution in [0.1, 0.15) is 26.7 Å². The van der Waals surface area contributed by atoms with Gasteiger partial charge in [-0.1, -0.05) is 6.92 Å². The molecule has 1 unspecified atom stereocenters. The van der Waals surface area contributed by atoms with Gasteiger partial charge in [-0.05, 0) is 31.4 Å². The van der Waals surface area contributed by atoms with Crippen molar-refractivity contribution in [1.82, 2.24) is 0 Å². The molecule has 2 rings (SSSR count). The average molecular weight is 208 g/mol. The third kappa shape index (κ3) is 1.78. The van der Waals surface area contributed by atoms with Crippen LogP contribution in [0.3, 0.4) is 0 Å². The van der Waals surface area contributed by atoms with Gasteiger partial charge in [-0.3, -0.25) is 4.79 Å². The van der Waals surface area contributed by atoms with Crippen LogP contribution in [0.5, 0.6) is 0 Å². The quantitative estimate of drug-likeness (QED) is 0.697. The summed E-state index contributed by atoms with van der Waals surface area (Å²) in [6.45, 7) is 4.89. The molecule has 0 amide bonds. The predicted molar refractivity (Wildman–Crippen MR) is 56.1 cm³/mol. The summed E-state index contributed by atoms with van der Waals surface area (Å²) in [6, 6.07) is 0. The zero-order valence-corrected chi connectivity index (χ0v) is 9.21. The minimum Gasteiger partial charge on any atom is -0.486 e. The second-order valence-corrected chi connectivity index (χ2v) is 3.87. The van der Waals surface area contributed by atoms with Gasteiger partial charge in [-0.15, -0.1) is 0 Å². The summed E-state index contributed by atoms with van der Waals surface area (Å²) in [4.78, 5) is 11.5. The van der Waals surface area contributed by atoms with E-state index in [0.29, 0.717) is 13.2 Å². The Kier molecular flexibility index (Phi) is 2.80. The maximum absolute atomic E-state index is 11.5. The Bertz CT molecular complexity index is 339. The molecule has 0 bridgehead atoms. The van der Waals surface area contributed by atoms with Crippen LogP contribution in [0.15, 0.2) is 23.2 Å². The molecule has 82 valence electrons. The van der Waals surface area contributed by atoms with Crippen molar-refractivity contribution in [2.45, 2.75) is 26.7 Å². The Labute approximate surface area is 89.8 Å². The number of Topliss-reactive ketones (excluding diaryl/α,β-unsaturated/α-hetero) is 1. The molecule has 3 nitrogen and oxygen atoms in total. The third-order valence-corrected chi connectivity index (χ3v) is 2.93. The van der Waals surface area contributed by atoms with E-state index in [9.17, 15) is 4.79 Å². The van der Waals surface area contributed by atoms with Gasteiger partial charge in [-0.25, -0.2) is 0 Å². The lowest BCUT2D eigenvalue weighted by Crippen LogP contribution is -2.24. The fourth-order valence-corrected chi connectivity index (χ4v) is 2.18. The highest BCUT2D eigenvalue weighted by Gasteiger charge is 2.30. The molecule has 1 heterocycles. The van der Waals surface area contributed by atoms with E-state index in [4.69, 9.17) is 9.47 Å². The lowest BCUT2D eigenvalue weighted by atomic mass is 9.85. The second-order valence-electron chi connectivity index (χ2n) is 3.87. The molecule has 1 aliphatic carbocycles. The summed E-state index contributed by atoms with van der Waals surface area (Å²) < 4.78 is 11.1. The first-order valence-corrected chi connectivity index (χ1v) is 5.43. The number of ketones is 1. The molecule has 2 aliphatic rings. The molecule has 1 fully saturated rings. The number of carbonyl (C=O) groups is 1. The van der Waals surface area contributed by atoms with Gasteiger partial charge >= 0.3 is 0 Å². The largest absolute Gasteiger partial charge is 0.486 e. The van der Waals surface area contributed by atoms with Gasteiger partial charge in [0, 0.05) is 5.92 Å². The first-order chi connectivity index (χ1) is 7.24. The van der Waals surface area contributed by atoms with Gasteiger partial charge in [-0.2, -0.15) is 0 Å². The SMILES string of the molecule is CCC1=C2OCCOC2=CCC1C(C)=O. The molecule has 1 aliphatic heterocycles. The summed E-state index contributed by atoms with van der Waals surface area (Å²) in [5, 5.41) is 0. The number of carbonyl (C=O) groups excluding carboxylic acids is 1. The Hall–Kier alpha value is -1.25. The number of ether oxygens (including phenoxy) is 2. The lowest BCUT2D eigenvalue weighted by Gasteiger charge is -2.29. The van der Waals surface area contributed by atoms with E-state index in [1.807, 2.05) is 6.08 Å². The standard InChI is InChI=1S/C12H16O3/c1-3-9-10(8(2)13)4-5-11-12(9)15-7-6-14-11/h5,10H,3-4,6-7H2,1-2H3. The minimum atomic E-state index is -0.00421. The van der Waals surface area contributed by atoms with E-state index < -0.39 is 0 Å². The van der Waals surface area contributed by atoms with Crippen molar-refractivity contribution < 1.29 is 14.3 Å². The molecule has 1 atom stereocenters. The molecule has 3 heteroatoms. The number of hydrogen-bond acceptors (Lipinski definition) is 3. The summed E-state index contributed by atoms with van der Waals surface area (Å²) >= 11 is 0. The molecule has 0 spiro atoms. The van der Waals surface area contributed by atoms with Crippen molar-refractivity contribution in [2.75, 3.05) is 13.2 Å². The van der Waals surface area contributed by atoms with Crippen LogP contribution in [0.2, 0.25) is 0 Å². The summed E-state index contributed by atoms with van der Waals surface area (Å²) in [5.41, 5.74) is 1.10. The maximum Gasteiger partial charge on any atom is 0.160 e. The molecular weight excluding hydrogens is 192 g/mol. The van der Waals surface area contributed by atoms with Gasteiger partial charge in [0.1, 0.15) is 19.0 Å². The fourth-order valence-electron chi connectivity index (χ4n) is 2.18. The van der Waals surface area contributed by atoms with Crippen LogP contribution < -0.4 is 0 Å². The Morgan fingerprint density at radius 2 is 2.20 bits per heavy atom. The van der Waals surface area contributed by atoms with E-state index in [1.54, 1.807) is 6.92 Å². The smallest absolute Gasteiger partial charge is 0.160 e. The van der Waals surface area contributed by atoms with Crippen LogP contribution in [-0.2, 0) is 14.3 Å². The predicted octanol–water partition coefficient (Wildman–Crippen LogP) is 2.19. The van der Waals surface area contributed by atoms with Gasteiger partial charge < -0.3 is 9.47 Å². The highest BCUT2D eigenvalue weighted by Crippen LogP contribution is 2.35. The molecule has 15 heavy (non-hydrogen) atoms. The fraction of sp³-hybridized carbons (Fsp3) is 0.583. The summed E-state index contributed by atoms with van der Waals surface area (Å²) in [5.74, 6) is 1.85. The van der Waals surface area contributed by atoms with Crippen LogP contribution in [-0.4, -0.2) is 19.0 Å². The highest BCUT2D eigenvalue weighted by molar-refractivity contribution is 5.82. The first kappa shape index (κ1) is 10.3. The number of hydrogen-bond donors (Lipinski definition) is 0. The van der Waals surface area contributed by atoms with Crippen molar-refractivity contribution >= 4 is 5.78 Å². The number of allylic oxidation sites excluding steroid dienone is 2. The number of fused-ring (bicyclic) bond motifs is 1. The van der Waals surface area contributed by atoms with Crippen LogP contribution in [0.4, 0.5) is 0 Å². The van der Waals surface area contributed by atoms with Crippen LogP contribution in [0, 0.1) is 5.92 Å². The van der Waals surface area contributed by atoms with Crippen LogP contribution >= 0.6 is 0 Å². The van der Waals surface area contributed by atoms with Gasteiger partial charge in [0.05, 0.1) is 0 Å². The average Bonchev–Trinajstić information content (AvgIpc) is 2.27. The Morgan fingerprint density at radius 1 is 1.47 bits per heavy atom. The molecule has 0 aromatic carbocycles. The van der Waals surface area contributed by atoms with Crippen molar-refractivity contribution in [2.24, 2.45) is 5.92 Å². The molecule has 0 saturated carbocycles. The van der Waals surface area contributed by atoms with E-state index in [2.05, 4.69) is 6.92 Å². The minimum absolute atomic E-state index is 0.00421. The van der Waals surface area contributed by atoms with E-state index in [-0.39, 0.29) is 11.7 Å². The first-order valence-electron chi connectivity index (χ1n) is 5.43. The van der Waals surface area contributed by atoms with Gasteiger partial charge in [0.15, 0.2) is 11.5 Å². The molecular formula is C12H16O3. The third-order valence-electron chi connectivity index (χ3n) is 2.93. The zero-order chi connectivity index (χ0) is 10.8. The highest BCUT2D eigenvalue weighted by atomic mass is 16.6. The summed E-state index contributed by atoms with van der Waals surface area (Å²) in [7, 11) is 0. The molecule has 0 aromatic rings. The molecule has 0 N–H and O–H groups in total. The Balaban J connectivity index is 2.35. The number of rotatable bonds is 2. The molecule has 0 aromatic heterocycles. The van der Waals surface area contributed by atoms with E-state index in [0.717, 1.165) is 29.9 Å². The van der Waals surface area contributed by atoms with E-state index >= 15 is 0 Å². The maximum atomic E-state index is 11.5. The lowest BCUT2D eigenvalue weighted by molar-refractivity contribution is -0.119. The van der Waals surface area contributed by atoms with Crippen molar-refractivity contribution in [3.8, 4) is 0 Å². The van der Waals surface area contributed by atoms with Crippen LogP contribution in [0.25, 0.3) is 0 Å². The van der Waals surface area contributed by atoms with Crippen molar-refractivity contribution in [1.29, 1.82) is 0 Å². The normalized spacial score (nSPS) is 24.9. The second kappa shape index (κ2) is 4.09. The zero-order valence-electron chi connectivity index (χ0n) is 9.21. The Morgan fingerprint density at radius 3 is 2.87 bits per heavy atom. The monoisotopic (exact) mass is 208 g/mol. The van der Waals surface area contributed by atoms with Crippen molar-refractivity contribution in [3.05, 3.63) is 23.2 Å².